The van der Waals surface area contributed by atoms with Crippen molar-refractivity contribution in [2.75, 3.05) is 6.61 Å². The number of hydrogen-bond acceptors (Lipinski definition) is 2. The van der Waals surface area contributed by atoms with Crippen molar-refractivity contribution < 1.29 is 9.53 Å². The molecule has 0 fully saturated rings. The zero-order valence-corrected chi connectivity index (χ0v) is 12.2. The number of carbonyl (C=O) groups excluding carboxylic acids is 1. The topological polar surface area (TPSA) is 38.3 Å². The van der Waals surface area contributed by atoms with Gasteiger partial charge < -0.3 is 10.1 Å². The molecule has 0 spiro atoms. The van der Waals surface area contributed by atoms with Crippen molar-refractivity contribution in [3.05, 3.63) is 29.3 Å². The molecule has 0 radical (unpaired) electrons. The molecule has 18 heavy (non-hydrogen) atoms. The molecule has 0 aliphatic heterocycles. The lowest BCUT2D eigenvalue weighted by Gasteiger charge is -2.16. The van der Waals surface area contributed by atoms with Gasteiger partial charge in [0, 0.05) is 0 Å². The van der Waals surface area contributed by atoms with Crippen LogP contribution in [0.25, 0.3) is 0 Å². The number of rotatable bonds is 5. The SMILES string of the molecule is Cc1cc(C)cc(OCC(C)NC(=O)C(Cl)Cl)c1. The lowest BCUT2D eigenvalue weighted by molar-refractivity contribution is -0.120. The average Bonchev–Trinajstić information content (AvgIpc) is 2.25. The molecular weight excluding hydrogens is 273 g/mol. The normalized spacial score (nSPS) is 12.3. The van der Waals surface area contributed by atoms with Gasteiger partial charge in [0.25, 0.3) is 5.91 Å². The van der Waals surface area contributed by atoms with Gasteiger partial charge in [0.05, 0.1) is 6.04 Å². The Morgan fingerprint density at radius 1 is 1.28 bits per heavy atom. The van der Waals surface area contributed by atoms with Crippen LogP contribution in [-0.2, 0) is 4.79 Å². The van der Waals surface area contributed by atoms with Crippen LogP contribution in [0.3, 0.4) is 0 Å². The molecule has 1 amide bonds. The molecule has 0 heterocycles. The van der Waals surface area contributed by atoms with E-state index in [2.05, 4.69) is 11.4 Å². The van der Waals surface area contributed by atoms with Gasteiger partial charge in [-0.3, -0.25) is 4.79 Å². The zero-order chi connectivity index (χ0) is 13.7. The summed E-state index contributed by atoms with van der Waals surface area (Å²) < 4.78 is 5.61. The number of amides is 1. The average molecular weight is 290 g/mol. The standard InChI is InChI=1S/C13H17Cl2NO2/c1-8-4-9(2)6-11(5-8)18-7-10(3)16-13(17)12(14)15/h4-6,10,12H,7H2,1-3H3,(H,16,17). The van der Waals surface area contributed by atoms with E-state index in [1.165, 1.54) is 0 Å². The van der Waals surface area contributed by atoms with E-state index < -0.39 is 10.7 Å². The summed E-state index contributed by atoms with van der Waals surface area (Å²) in [6.45, 7) is 6.22. The number of halogens is 2. The third-order valence-electron chi connectivity index (χ3n) is 2.28. The van der Waals surface area contributed by atoms with Crippen molar-refractivity contribution in [3.63, 3.8) is 0 Å². The largest absolute Gasteiger partial charge is 0.491 e. The fourth-order valence-corrected chi connectivity index (χ4v) is 1.71. The molecule has 0 aliphatic carbocycles. The quantitative estimate of drug-likeness (QED) is 0.847. The Hall–Kier alpha value is -0.930. The monoisotopic (exact) mass is 289 g/mol. The molecule has 0 aliphatic rings. The van der Waals surface area contributed by atoms with Gasteiger partial charge in [-0.15, -0.1) is 0 Å². The second-order valence-electron chi connectivity index (χ2n) is 4.34. The van der Waals surface area contributed by atoms with Crippen molar-refractivity contribution >= 4 is 29.1 Å². The first kappa shape index (κ1) is 15.1. The van der Waals surface area contributed by atoms with Crippen molar-refractivity contribution in [3.8, 4) is 5.75 Å². The summed E-state index contributed by atoms with van der Waals surface area (Å²) in [6, 6.07) is 5.82. The van der Waals surface area contributed by atoms with Crippen LogP contribution >= 0.6 is 23.2 Å². The maximum atomic E-state index is 11.2. The minimum absolute atomic E-state index is 0.154. The number of alkyl halides is 2. The maximum Gasteiger partial charge on any atom is 0.253 e. The van der Waals surface area contributed by atoms with Crippen molar-refractivity contribution in [1.29, 1.82) is 0 Å². The summed E-state index contributed by atoms with van der Waals surface area (Å²) >= 11 is 10.9. The van der Waals surface area contributed by atoms with Crippen molar-refractivity contribution in [2.24, 2.45) is 0 Å². The van der Waals surface area contributed by atoms with Gasteiger partial charge >= 0.3 is 0 Å². The summed E-state index contributed by atoms with van der Waals surface area (Å²) in [7, 11) is 0. The molecule has 3 nitrogen and oxygen atoms in total. The van der Waals surface area contributed by atoms with Gasteiger partial charge in [-0.05, 0) is 44.0 Å². The molecule has 1 rings (SSSR count). The van der Waals surface area contributed by atoms with E-state index in [0.29, 0.717) is 6.61 Å². The number of benzene rings is 1. The van der Waals surface area contributed by atoms with E-state index in [1.54, 1.807) is 0 Å². The molecule has 1 aromatic carbocycles. The Bertz CT molecular complexity index is 401. The highest BCUT2D eigenvalue weighted by molar-refractivity contribution is 6.53. The van der Waals surface area contributed by atoms with E-state index >= 15 is 0 Å². The molecule has 1 aromatic rings. The van der Waals surface area contributed by atoms with Crippen LogP contribution < -0.4 is 10.1 Å². The number of nitrogens with one attached hydrogen (secondary N) is 1. The Kier molecular flexibility index (Phi) is 5.76. The lowest BCUT2D eigenvalue weighted by atomic mass is 10.1. The first-order chi connectivity index (χ1) is 8.38. The van der Waals surface area contributed by atoms with Gasteiger partial charge in [0.1, 0.15) is 12.4 Å². The van der Waals surface area contributed by atoms with E-state index in [4.69, 9.17) is 27.9 Å². The molecule has 0 saturated heterocycles. The fraction of sp³-hybridized carbons (Fsp3) is 0.462. The number of hydrogen-bond donors (Lipinski definition) is 1. The highest BCUT2D eigenvalue weighted by atomic mass is 35.5. The number of aryl methyl sites for hydroxylation is 2. The molecule has 0 aromatic heterocycles. The molecule has 0 saturated carbocycles. The summed E-state index contributed by atoms with van der Waals surface area (Å²) in [5.74, 6) is 0.386. The third kappa shape index (κ3) is 5.15. The number of ether oxygens (including phenoxy) is 1. The second-order valence-corrected chi connectivity index (χ2v) is 5.44. The smallest absolute Gasteiger partial charge is 0.253 e. The molecule has 1 N–H and O–H groups in total. The van der Waals surface area contributed by atoms with Crippen LogP contribution in [0.1, 0.15) is 18.1 Å². The minimum atomic E-state index is -1.05. The maximum absolute atomic E-state index is 11.2. The fourth-order valence-electron chi connectivity index (χ4n) is 1.58. The predicted octanol–water partition coefficient (Wildman–Crippen LogP) is 2.99. The minimum Gasteiger partial charge on any atom is -0.491 e. The van der Waals surface area contributed by atoms with Gasteiger partial charge in [0.2, 0.25) is 0 Å². The molecule has 1 atom stereocenters. The van der Waals surface area contributed by atoms with Crippen LogP contribution in [0, 0.1) is 13.8 Å². The Balaban J connectivity index is 2.47. The predicted molar refractivity (Wildman–Crippen MR) is 74.5 cm³/mol. The Morgan fingerprint density at radius 3 is 2.33 bits per heavy atom. The van der Waals surface area contributed by atoms with Crippen molar-refractivity contribution in [2.45, 2.75) is 31.6 Å². The van der Waals surface area contributed by atoms with E-state index in [-0.39, 0.29) is 6.04 Å². The summed E-state index contributed by atoms with van der Waals surface area (Å²) in [4.78, 5) is 10.2. The van der Waals surface area contributed by atoms with E-state index in [9.17, 15) is 4.79 Å². The van der Waals surface area contributed by atoms with E-state index in [0.717, 1.165) is 16.9 Å². The Labute approximate surface area is 117 Å². The molecule has 0 bridgehead atoms. The van der Waals surface area contributed by atoms with Crippen LogP contribution in [0.2, 0.25) is 0 Å². The molecular formula is C13H17Cl2NO2. The highest BCUT2D eigenvalue weighted by Gasteiger charge is 2.14. The molecule has 100 valence electrons. The highest BCUT2D eigenvalue weighted by Crippen LogP contribution is 2.16. The van der Waals surface area contributed by atoms with Gasteiger partial charge in [-0.1, -0.05) is 29.3 Å². The first-order valence-electron chi connectivity index (χ1n) is 5.68. The van der Waals surface area contributed by atoms with Gasteiger partial charge in [-0.2, -0.15) is 0 Å². The summed E-state index contributed by atoms with van der Waals surface area (Å²) in [5.41, 5.74) is 2.28. The zero-order valence-electron chi connectivity index (χ0n) is 10.7. The van der Waals surface area contributed by atoms with Crippen LogP contribution in [-0.4, -0.2) is 23.4 Å². The number of carbonyl (C=O) groups is 1. The lowest BCUT2D eigenvalue weighted by Crippen LogP contribution is -2.39. The van der Waals surface area contributed by atoms with Crippen LogP contribution in [0.4, 0.5) is 0 Å². The summed E-state index contributed by atoms with van der Waals surface area (Å²) in [6.07, 6.45) is 0. The van der Waals surface area contributed by atoms with Gasteiger partial charge in [0.15, 0.2) is 4.84 Å². The first-order valence-corrected chi connectivity index (χ1v) is 6.55. The van der Waals surface area contributed by atoms with Crippen molar-refractivity contribution in [1.82, 2.24) is 5.32 Å². The second kappa shape index (κ2) is 6.86. The Morgan fingerprint density at radius 2 is 1.83 bits per heavy atom. The molecule has 5 heteroatoms. The van der Waals surface area contributed by atoms with Gasteiger partial charge in [-0.25, -0.2) is 0 Å². The molecule has 1 unspecified atom stereocenters. The van der Waals surface area contributed by atoms with Crippen LogP contribution in [0.5, 0.6) is 5.75 Å². The van der Waals surface area contributed by atoms with E-state index in [1.807, 2.05) is 32.9 Å². The third-order valence-corrected chi connectivity index (χ3v) is 2.68. The summed E-state index contributed by atoms with van der Waals surface area (Å²) in [5, 5.41) is 2.65. The van der Waals surface area contributed by atoms with Crippen LogP contribution in [0.15, 0.2) is 18.2 Å².